The number of Topliss-reactive ketones (excluding diaryl/α,β-unsaturated/α-hetero) is 2. The van der Waals surface area contributed by atoms with Gasteiger partial charge in [-0.2, -0.15) is 0 Å². The lowest BCUT2D eigenvalue weighted by Gasteiger charge is -2.32. The van der Waals surface area contributed by atoms with Gasteiger partial charge in [0.2, 0.25) is 0 Å². The Kier molecular flexibility index (Phi) is 3.07. The number of ketones is 2. The number of carbonyl (C=O) groups is 2. The molecule has 0 amide bonds. The van der Waals surface area contributed by atoms with Crippen LogP contribution in [0.25, 0.3) is 0 Å². The third kappa shape index (κ3) is 1.99. The number of hydrogen-bond donors (Lipinski definition) is 1. The first-order valence-corrected chi connectivity index (χ1v) is 5.32. The molecule has 0 heterocycles. The second kappa shape index (κ2) is 3.84. The minimum atomic E-state index is -0.536. The fourth-order valence-electron chi connectivity index (χ4n) is 2.10. The number of rotatable bonds is 2. The highest BCUT2D eigenvalue weighted by Crippen LogP contribution is 2.38. The minimum absolute atomic E-state index is 0.0221. The Morgan fingerprint density at radius 1 is 1.60 bits per heavy atom. The Labute approximate surface area is 91.0 Å². The van der Waals surface area contributed by atoms with Gasteiger partial charge in [-0.25, -0.2) is 0 Å². The molecule has 1 unspecified atom stereocenters. The summed E-state index contributed by atoms with van der Waals surface area (Å²) in [5.41, 5.74) is -0.507. The highest BCUT2D eigenvalue weighted by molar-refractivity contribution is 6.32. The third-order valence-corrected chi connectivity index (χ3v) is 2.98. The van der Waals surface area contributed by atoms with Gasteiger partial charge >= 0.3 is 0 Å². The topological polar surface area (TPSA) is 54.4 Å². The van der Waals surface area contributed by atoms with Crippen molar-refractivity contribution >= 4 is 19.4 Å². The molecule has 1 rings (SSSR count). The standard InChI is InChI=1S/C11H17BO3/c1-6-4-11(2,3)10(15)8(9(6)14)7(13)5-12/h6,14H,4-5,12H2,1-3H3. The molecule has 15 heavy (non-hydrogen) atoms. The third-order valence-electron chi connectivity index (χ3n) is 2.98. The van der Waals surface area contributed by atoms with E-state index in [1.165, 1.54) is 0 Å². The van der Waals surface area contributed by atoms with Crippen molar-refractivity contribution in [3.63, 3.8) is 0 Å². The Hall–Kier alpha value is -1.06. The molecule has 0 aromatic heterocycles. The molecule has 0 aromatic carbocycles. The molecule has 0 spiro atoms. The van der Waals surface area contributed by atoms with Gasteiger partial charge in [-0.3, -0.25) is 9.59 Å². The zero-order valence-corrected chi connectivity index (χ0v) is 9.76. The number of hydrogen-bond acceptors (Lipinski definition) is 3. The molecule has 1 aliphatic rings. The minimum Gasteiger partial charge on any atom is -0.511 e. The monoisotopic (exact) mass is 208 g/mol. The van der Waals surface area contributed by atoms with Gasteiger partial charge in [0.25, 0.3) is 0 Å². The average molecular weight is 208 g/mol. The first kappa shape index (κ1) is 12.0. The second-order valence-corrected chi connectivity index (χ2v) is 4.86. The first-order valence-electron chi connectivity index (χ1n) is 5.32. The normalized spacial score (nSPS) is 25.5. The average Bonchev–Trinajstić information content (AvgIpc) is 2.14. The van der Waals surface area contributed by atoms with E-state index in [2.05, 4.69) is 0 Å². The number of aliphatic hydroxyl groups is 1. The van der Waals surface area contributed by atoms with E-state index in [0.29, 0.717) is 6.42 Å². The van der Waals surface area contributed by atoms with Gasteiger partial charge in [-0.05, 0) is 12.7 Å². The largest absolute Gasteiger partial charge is 0.511 e. The lowest BCUT2D eigenvalue weighted by molar-refractivity contribution is -0.128. The molecule has 82 valence electrons. The van der Waals surface area contributed by atoms with Gasteiger partial charge in [-0.15, -0.1) is 0 Å². The van der Waals surface area contributed by atoms with Crippen molar-refractivity contribution < 1.29 is 14.7 Å². The smallest absolute Gasteiger partial charge is 0.175 e. The molecule has 0 aromatic rings. The van der Waals surface area contributed by atoms with Crippen LogP contribution in [0.5, 0.6) is 0 Å². The zero-order chi connectivity index (χ0) is 11.8. The van der Waals surface area contributed by atoms with Crippen molar-refractivity contribution in [1.82, 2.24) is 0 Å². The van der Waals surface area contributed by atoms with Gasteiger partial charge in [0.05, 0.1) is 5.57 Å². The van der Waals surface area contributed by atoms with Crippen LogP contribution in [0.3, 0.4) is 0 Å². The molecule has 1 N–H and O–H groups in total. The van der Waals surface area contributed by atoms with E-state index in [1.807, 2.05) is 20.8 Å². The fraction of sp³-hybridized carbons (Fsp3) is 0.636. The van der Waals surface area contributed by atoms with Gasteiger partial charge < -0.3 is 5.11 Å². The van der Waals surface area contributed by atoms with Gasteiger partial charge in [0, 0.05) is 11.3 Å². The maximum Gasteiger partial charge on any atom is 0.175 e. The summed E-state index contributed by atoms with van der Waals surface area (Å²) >= 11 is 0. The van der Waals surface area contributed by atoms with Crippen LogP contribution in [0.2, 0.25) is 6.32 Å². The quantitative estimate of drug-likeness (QED) is 0.545. The van der Waals surface area contributed by atoms with Gasteiger partial charge in [-0.1, -0.05) is 20.8 Å². The summed E-state index contributed by atoms with van der Waals surface area (Å²) in [6.45, 7) is 5.48. The summed E-state index contributed by atoms with van der Waals surface area (Å²) in [7, 11) is 1.70. The maximum absolute atomic E-state index is 12.0. The van der Waals surface area contributed by atoms with Crippen LogP contribution in [0.15, 0.2) is 11.3 Å². The number of aliphatic hydroxyl groups excluding tert-OH is 1. The van der Waals surface area contributed by atoms with Crippen molar-refractivity contribution in [3.05, 3.63) is 11.3 Å². The summed E-state index contributed by atoms with van der Waals surface area (Å²) < 4.78 is 0. The summed E-state index contributed by atoms with van der Waals surface area (Å²) in [5, 5.41) is 9.78. The van der Waals surface area contributed by atoms with E-state index in [1.54, 1.807) is 7.85 Å². The Bertz CT molecular complexity index is 342. The van der Waals surface area contributed by atoms with Crippen LogP contribution in [0.4, 0.5) is 0 Å². The molecule has 1 atom stereocenters. The molecule has 0 saturated carbocycles. The molecular weight excluding hydrogens is 191 g/mol. The van der Waals surface area contributed by atoms with Crippen LogP contribution in [-0.4, -0.2) is 24.5 Å². The maximum atomic E-state index is 12.0. The van der Waals surface area contributed by atoms with E-state index in [4.69, 9.17) is 0 Å². The van der Waals surface area contributed by atoms with Crippen molar-refractivity contribution in [1.29, 1.82) is 0 Å². The van der Waals surface area contributed by atoms with Crippen LogP contribution in [-0.2, 0) is 9.59 Å². The molecule has 0 saturated heterocycles. The molecule has 4 heteroatoms. The van der Waals surface area contributed by atoms with Crippen molar-refractivity contribution in [2.45, 2.75) is 33.5 Å². The molecule has 0 aliphatic heterocycles. The molecule has 1 aliphatic carbocycles. The van der Waals surface area contributed by atoms with E-state index in [-0.39, 0.29) is 35.1 Å². The fourth-order valence-corrected chi connectivity index (χ4v) is 2.10. The zero-order valence-electron chi connectivity index (χ0n) is 9.76. The van der Waals surface area contributed by atoms with Crippen molar-refractivity contribution in [3.8, 4) is 0 Å². The highest BCUT2D eigenvalue weighted by Gasteiger charge is 2.41. The van der Waals surface area contributed by atoms with Gasteiger partial charge in [0.15, 0.2) is 11.6 Å². The predicted molar refractivity (Wildman–Crippen MR) is 60.6 cm³/mol. The number of allylic oxidation sites excluding steroid dienone is 2. The lowest BCUT2D eigenvalue weighted by atomic mass is 9.69. The van der Waals surface area contributed by atoms with Crippen molar-refractivity contribution in [2.75, 3.05) is 0 Å². The summed E-state index contributed by atoms with van der Waals surface area (Å²) in [5.74, 6) is -0.601. The second-order valence-electron chi connectivity index (χ2n) is 4.86. The molecule has 3 nitrogen and oxygen atoms in total. The summed E-state index contributed by atoms with van der Waals surface area (Å²) in [6.07, 6.45) is 0.853. The van der Waals surface area contributed by atoms with E-state index in [9.17, 15) is 14.7 Å². The predicted octanol–water partition coefficient (Wildman–Crippen LogP) is 1.05. The van der Waals surface area contributed by atoms with Crippen molar-refractivity contribution in [2.24, 2.45) is 11.3 Å². The first-order chi connectivity index (χ1) is 6.81. The van der Waals surface area contributed by atoms with Gasteiger partial charge in [0.1, 0.15) is 13.6 Å². The van der Waals surface area contributed by atoms with Crippen LogP contribution >= 0.6 is 0 Å². The Balaban J connectivity index is 3.24. The van der Waals surface area contributed by atoms with E-state index >= 15 is 0 Å². The molecule has 0 radical (unpaired) electrons. The Morgan fingerprint density at radius 3 is 2.60 bits per heavy atom. The van der Waals surface area contributed by atoms with E-state index < -0.39 is 5.41 Å². The number of carbonyl (C=O) groups excluding carboxylic acids is 2. The Morgan fingerprint density at radius 2 is 2.13 bits per heavy atom. The molecule has 0 fully saturated rings. The highest BCUT2D eigenvalue weighted by atomic mass is 16.3. The van der Waals surface area contributed by atoms with Crippen LogP contribution in [0, 0.1) is 11.3 Å². The molecule has 0 bridgehead atoms. The summed E-state index contributed by atoms with van der Waals surface area (Å²) in [4.78, 5) is 23.5. The van der Waals surface area contributed by atoms with Crippen LogP contribution < -0.4 is 0 Å². The van der Waals surface area contributed by atoms with E-state index in [0.717, 1.165) is 0 Å². The summed E-state index contributed by atoms with van der Waals surface area (Å²) in [6, 6.07) is 0. The lowest BCUT2D eigenvalue weighted by Crippen LogP contribution is -2.37. The molecular formula is C11H17BO3. The van der Waals surface area contributed by atoms with Crippen LogP contribution in [0.1, 0.15) is 27.2 Å². The SMILES string of the molecule is BCC(=O)C1=C(O)C(C)CC(C)(C)C1=O.